The third-order valence-corrected chi connectivity index (χ3v) is 2.66. The van der Waals surface area contributed by atoms with E-state index in [-0.39, 0.29) is 0 Å². The first-order valence-electron chi connectivity index (χ1n) is 6.24. The van der Waals surface area contributed by atoms with Crippen LogP contribution in [0.3, 0.4) is 0 Å². The number of anilines is 1. The summed E-state index contributed by atoms with van der Waals surface area (Å²) in [5.74, 6) is 1.49. The maximum atomic E-state index is 10.7. The molecule has 1 aromatic heterocycles. The average Bonchev–Trinajstić information content (AvgIpc) is 2.34. The van der Waals surface area contributed by atoms with E-state index < -0.39 is 0 Å². The van der Waals surface area contributed by atoms with Gasteiger partial charge in [-0.15, -0.1) is 0 Å². The Morgan fingerprint density at radius 3 is 2.72 bits per heavy atom. The fourth-order valence-electron chi connectivity index (χ4n) is 1.91. The Balaban J connectivity index is 2.92. The molecule has 0 spiro atoms. The van der Waals surface area contributed by atoms with Crippen LogP contribution in [0.1, 0.15) is 29.8 Å². The average molecular weight is 250 g/mol. The molecule has 1 rings (SSSR count). The molecule has 0 saturated carbocycles. The Labute approximate surface area is 109 Å². The molecule has 1 heterocycles. The van der Waals surface area contributed by atoms with Crippen LogP contribution in [-0.4, -0.2) is 38.1 Å². The van der Waals surface area contributed by atoms with Crippen molar-refractivity contribution in [1.82, 2.24) is 4.98 Å². The normalized spacial score (nSPS) is 10.7. The zero-order valence-corrected chi connectivity index (χ0v) is 11.6. The number of aryl methyl sites for hydroxylation is 1. The molecule has 0 aromatic carbocycles. The van der Waals surface area contributed by atoms with E-state index in [1.54, 1.807) is 13.3 Å². The summed E-state index contributed by atoms with van der Waals surface area (Å²) in [7, 11) is 1.70. The minimum absolute atomic E-state index is 0.550. The van der Waals surface area contributed by atoms with Crippen LogP contribution in [0, 0.1) is 12.8 Å². The van der Waals surface area contributed by atoms with E-state index in [1.165, 1.54) is 0 Å². The number of rotatable bonds is 7. The molecule has 4 heteroatoms. The second-order valence-electron chi connectivity index (χ2n) is 4.86. The molecule has 0 aliphatic carbocycles. The van der Waals surface area contributed by atoms with Crippen molar-refractivity contribution < 1.29 is 9.53 Å². The summed E-state index contributed by atoms with van der Waals surface area (Å²) in [6.07, 6.45) is 2.45. The van der Waals surface area contributed by atoms with Gasteiger partial charge in [-0.25, -0.2) is 4.98 Å². The van der Waals surface area contributed by atoms with Crippen molar-refractivity contribution in [2.45, 2.75) is 20.8 Å². The van der Waals surface area contributed by atoms with E-state index in [2.05, 4.69) is 23.7 Å². The number of aldehydes is 1. The molecule has 100 valence electrons. The van der Waals surface area contributed by atoms with Crippen molar-refractivity contribution in [2.24, 2.45) is 5.92 Å². The zero-order chi connectivity index (χ0) is 13.5. The Hall–Kier alpha value is -1.42. The standard InChI is InChI=1S/C14H22N2O2/c1-11(2)9-16(5-6-18-4)14-12(3)7-13(10-17)8-15-14/h7-8,10-11H,5-6,9H2,1-4H3. The van der Waals surface area contributed by atoms with Crippen molar-refractivity contribution in [1.29, 1.82) is 0 Å². The number of hydrogen-bond donors (Lipinski definition) is 0. The molecule has 4 nitrogen and oxygen atoms in total. The highest BCUT2D eigenvalue weighted by molar-refractivity contribution is 5.75. The summed E-state index contributed by atoms with van der Waals surface area (Å²) >= 11 is 0. The van der Waals surface area contributed by atoms with Gasteiger partial charge in [-0.2, -0.15) is 0 Å². The first-order valence-corrected chi connectivity index (χ1v) is 6.24. The fraction of sp³-hybridized carbons (Fsp3) is 0.571. The van der Waals surface area contributed by atoms with Crippen molar-refractivity contribution in [3.8, 4) is 0 Å². The third kappa shape index (κ3) is 4.11. The van der Waals surface area contributed by atoms with Gasteiger partial charge < -0.3 is 9.64 Å². The molecule has 0 aliphatic rings. The fourth-order valence-corrected chi connectivity index (χ4v) is 1.91. The molecular formula is C14H22N2O2. The van der Waals surface area contributed by atoms with Gasteiger partial charge in [-0.05, 0) is 24.5 Å². The Morgan fingerprint density at radius 2 is 2.22 bits per heavy atom. The zero-order valence-electron chi connectivity index (χ0n) is 11.6. The molecule has 1 aromatic rings. The van der Waals surface area contributed by atoms with Gasteiger partial charge in [0.15, 0.2) is 6.29 Å². The smallest absolute Gasteiger partial charge is 0.151 e. The summed E-state index contributed by atoms with van der Waals surface area (Å²) < 4.78 is 5.13. The third-order valence-electron chi connectivity index (χ3n) is 2.66. The van der Waals surface area contributed by atoms with Gasteiger partial charge in [0.05, 0.1) is 6.61 Å². The van der Waals surface area contributed by atoms with E-state index in [0.29, 0.717) is 18.1 Å². The quantitative estimate of drug-likeness (QED) is 0.696. The number of hydrogen-bond acceptors (Lipinski definition) is 4. The molecule has 0 amide bonds. The van der Waals surface area contributed by atoms with E-state index in [1.807, 2.05) is 13.0 Å². The van der Waals surface area contributed by atoms with Gasteiger partial charge >= 0.3 is 0 Å². The molecule has 0 atom stereocenters. The molecular weight excluding hydrogens is 228 g/mol. The highest BCUT2D eigenvalue weighted by Crippen LogP contribution is 2.18. The van der Waals surface area contributed by atoms with E-state index in [9.17, 15) is 4.79 Å². The van der Waals surface area contributed by atoms with Crippen LogP contribution in [0.25, 0.3) is 0 Å². The van der Waals surface area contributed by atoms with Gasteiger partial charge in [0.25, 0.3) is 0 Å². The van der Waals surface area contributed by atoms with Crippen molar-refractivity contribution >= 4 is 12.1 Å². The van der Waals surface area contributed by atoms with Crippen LogP contribution >= 0.6 is 0 Å². The maximum absolute atomic E-state index is 10.7. The van der Waals surface area contributed by atoms with Gasteiger partial charge in [0.1, 0.15) is 5.82 Å². The summed E-state index contributed by atoms with van der Waals surface area (Å²) in [4.78, 5) is 17.3. The molecule has 0 fully saturated rings. The second-order valence-corrected chi connectivity index (χ2v) is 4.86. The minimum Gasteiger partial charge on any atom is -0.383 e. The number of carbonyl (C=O) groups is 1. The number of nitrogens with zero attached hydrogens (tertiary/aromatic N) is 2. The van der Waals surface area contributed by atoms with Crippen LogP contribution in [0.5, 0.6) is 0 Å². The lowest BCUT2D eigenvalue weighted by molar-refractivity contribution is 0.112. The molecule has 0 bridgehead atoms. The Morgan fingerprint density at radius 1 is 1.50 bits per heavy atom. The molecule has 18 heavy (non-hydrogen) atoms. The van der Waals surface area contributed by atoms with E-state index in [4.69, 9.17) is 4.74 Å². The summed E-state index contributed by atoms with van der Waals surface area (Å²) in [6.45, 7) is 8.74. The number of ether oxygens (including phenoxy) is 1. The number of aromatic nitrogens is 1. The number of pyridine rings is 1. The lowest BCUT2D eigenvalue weighted by Crippen LogP contribution is -2.32. The van der Waals surface area contributed by atoms with Gasteiger partial charge in [0.2, 0.25) is 0 Å². The van der Waals surface area contributed by atoms with Crippen LogP contribution in [0.15, 0.2) is 12.3 Å². The van der Waals surface area contributed by atoms with Crippen molar-refractivity contribution in [3.63, 3.8) is 0 Å². The summed E-state index contributed by atoms with van der Waals surface area (Å²) in [5.41, 5.74) is 1.64. The highest BCUT2D eigenvalue weighted by Gasteiger charge is 2.12. The predicted molar refractivity (Wildman–Crippen MR) is 73.3 cm³/mol. The molecule has 0 aliphatic heterocycles. The van der Waals surface area contributed by atoms with Gasteiger partial charge in [0, 0.05) is 32.0 Å². The molecule has 0 unspecified atom stereocenters. The molecule has 0 saturated heterocycles. The summed E-state index contributed by atoms with van der Waals surface area (Å²) in [5, 5.41) is 0. The van der Waals surface area contributed by atoms with Crippen LogP contribution in [0.2, 0.25) is 0 Å². The van der Waals surface area contributed by atoms with Crippen LogP contribution in [-0.2, 0) is 4.74 Å². The lowest BCUT2D eigenvalue weighted by atomic mass is 10.1. The van der Waals surface area contributed by atoms with Gasteiger partial charge in [-0.3, -0.25) is 4.79 Å². The minimum atomic E-state index is 0.550. The first kappa shape index (κ1) is 14.6. The first-order chi connectivity index (χ1) is 8.58. The van der Waals surface area contributed by atoms with Crippen molar-refractivity contribution in [3.05, 3.63) is 23.4 Å². The van der Waals surface area contributed by atoms with E-state index in [0.717, 1.165) is 30.8 Å². The SMILES string of the molecule is COCCN(CC(C)C)c1ncc(C=O)cc1C. The lowest BCUT2D eigenvalue weighted by Gasteiger charge is -2.26. The predicted octanol–water partition coefficient (Wildman–Crippen LogP) is 2.31. The number of methoxy groups -OCH3 is 1. The van der Waals surface area contributed by atoms with Gasteiger partial charge in [-0.1, -0.05) is 13.8 Å². The topological polar surface area (TPSA) is 42.4 Å². The highest BCUT2D eigenvalue weighted by atomic mass is 16.5. The van der Waals surface area contributed by atoms with Crippen molar-refractivity contribution in [2.75, 3.05) is 31.7 Å². The molecule has 0 N–H and O–H groups in total. The Bertz CT molecular complexity index is 391. The Kier molecular flexibility index (Phi) is 5.78. The second kappa shape index (κ2) is 7.11. The monoisotopic (exact) mass is 250 g/mol. The van der Waals surface area contributed by atoms with Crippen LogP contribution < -0.4 is 4.90 Å². The van der Waals surface area contributed by atoms with Crippen LogP contribution in [0.4, 0.5) is 5.82 Å². The summed E-state index contributed by atoms with van der Waals surface area (Å²) in [6, 6.07) is 1.87. The molecule has 0 radical (unpaired) electrons. The number of carbonyl (C=O) groups excluding carboxylic acids is 1. The maximum Gasteiger partial charge on any atom is 0.151 e. The largest absolute Gasteiger partial charge is 0.383 e. The van der Waals surface area contributed by atoms with E-state index >= 15 is 0 Å².